The summed E-state index contributed by atoms with van der Waals surface area (Å²) in [5.74, 6) is -0.383. The molecular formula is C21H20N4O3. The van der Waals surface area contributed by atoms with Crippen LogP contribution < -0.4 is 5.73 Å². The minimum atomic E-state index is -0.685. The van der Waals surface area contributed by atoms with Gasteiger partial charge in [-0.05, 0) is 37.0 Å². The molecule has 0 radical (unpaired) electrons. The van der Waals surface area contributed by atoms with Crippen LogP contribution in [-0.4, -0.2) is 32.9 Å². The second-order valence-electron chi connectivity index (χ2n) is 7.64. The minimum absolute atomic E-state index is 0.237. The number of pyridine rings is 1. The summed E-state index contributed by atoms with van der Waals surface area (Å²) < 4.78 is 5.35. The number of carbonyl (C=O) groups excluding carboxylic acids is 2. The lowest BCUT2D eigenvalue weighted by molar-refractivity contribution is -0.122. The number of carbonyl (C=O) groups is 2. The van der Waals surface area contributed by atoms with Crippen molar-refractivity contribution in [2.24, 2.45) is 5.73 Å². The van der Waals surface area contributed by atoms with E-state index in [1.54, 1.807) is 11.8 Å². The molecule has 0 unspecified atom stereocenters. The molecule has 7 heteroatoms. The number of amides is 2. The summed E-state index contributed by atoms with van der Waals surface area (Å²) in [5.41, 5.74) is 10.1. The van der Waals surface area contributed by atoms with E-state index in [1.165, 1.54) is 0 Å². The summed E-state index contributed by atoms with van der Waals surface area (Å²) in [7, 11) is 0. The van der Waals surface area contributed by atoms with Gasteiger partial charge in [0.15, 0.2) is 0 Å². The Morgan fingerprint density at radius 3 is 2.68 bits per heavy atom. The topological polar surface area (TPSA) is 102 Å². The minimum Gasteiger partial charge on any atom is -0.368 e. The molecule has 0 bridgehead atoms. The summed E-state index contributed by atoms with van der Waals surface area (Å²) in [6.07, 6.45) is 2.53. The summed E-state index contributed by atoms with van der Waals surface area (Å²) in [6.45, 7) is 2.13. The van der Waals surface area contributed by atoms with Crippen LogP contribution in [0.25, 0.3) is 11.1 Å². The monoisotopic (exact) mass is 376 g/mol. The Morgan fingerprint density at radius 1 is 1.21 bits per heavy atom. The Hall–Kier alpha value is -3.22. The molecule has 3 heterocycles. The number of primary amides is 1. The quantitative estimate of drug-likeness (QED) is 0.756. The van der Waals surface area contributed by atoms with E-state index in [0.717, 1.165) is 29.7 Å². The Morgan fingerprint density at radius 2 is 1.96 bits per heavy atom. The third-order valence-corrected chi connectivity index (χ3v) is 5.70. The van der Waals surface area contributed by atoms with Crippen LogP contribution in [0.3, 0.4) is 0 Å². The second kappa shape index (κ2) is 6.15. The van der Waals surface area contributed by atoms with Crippen LogP contribution in [0.2, 0.25) is 0 Å². The van der Waals surface area contributed by atoms with Crippen molar-refractivity contribution in [3.8, 4) is 0 Å². The molecule has 142 valence electrons. The molecule has 2 N–H and O–H groups in total. The fourth-order valence-electron chi connectivity index (χ4n) is 4.02. The van der Waals surface area contributed by atoms with Gasteiger partial charge in [0.25, 0.3) is 11.6 Å². The van der Waals surface area contributed by atoms with Gasteiger partial charge in [-0.15, -0.1) is 0 Å². The molecule has 7 nitrogen and oxygen atoms in total. The Labute approximate surface area is 161 Å². The molecule has 1 fully saturated rings. The van der Waals surface area contributed by atoms with Crippen molar-refractivity contribution in [2.75, 3.05) is 0 Å². The van der Waals surface area contributed by atoms with Gasteiger partial charge < -0.3 is 15.2 Å². The second-order valence-corrected chi connectivity index (χ2v) is 7.64. The first-order chi connectivity index (χ1) is 13.5. The molecule has 28 heavy (non-hydrogen) atoms. The van der Waals surface area contributed by atoms with Crippen molar-refractivity contribution in [1.82, 2.24) is 15.0 Å². The number of hydrogen-bond donors (Lipinski definition) is 1. The highest BCUT2D eigenvalue weighted by Gasteiger charge is 2.36. The number of nitrogens with two attached hydrogens (primary N) is 1. The van der Waals surface area contributed by atoms with Gasteiger partial charge in [-0.1, -0.05) is 29.4 Å². The SMILES string of the molecule is Cc1noc2nc(C3CC3)cc(C(=O)N3Cc4ccccc4C[C@H]3C(N)=O)c12. The van der Waals surface area contributed by atoms with E-state index in [-0.39, 0.29) is 5.91 Å². The standard InChI is InChI=1S/C21H20N4O3/c1-11-18-15(9-16(12-6-7-12)23-20(18)28-24-11)21(27)25-10-14-5-3-2-4-13(14)8-17(25)19(22)26/h2-5,9,12,17H,6-8,10H2,1H3,(H2,22,26)/t17-/m0/s1. The predicted molar refractivity (Wildman–Crippen MR) is 102 cm³/mol. The Bertz CT molecular complexity index is 1120. The van der Waals surface area contributed by atoms with Crippen LogP contribution in [0, 0.1) is 6.92 Å². The number of hydrogen-bond acceptors (Lipinski definition) is 5. The van der Waals surface area contributed by atoms with E-state index in [0.29, 0.717) is 41.2 Å². The van der Waals surface area contributed by atoms with Gasteiger partial charge in [0.05, 0.1) is 16.6 Å². The molecule has 0 saturated heterocycles. The van der Waals surface area contributed by atoms with Crippen LogP contribution in [0.1, 0.15) is 51.6 Å². The Balaban J connectivity index is 1.62. The molecule has 1 aliphatic carbocycles. The summed E-state index contributed by atoms with van der Waals surface area (Å²) in [5, 5.41) is 4.60. The molecule has 2 amide bonds. The predicted octanol–water partition coefficient (Wildman–Crippen LogP) is 2.46. The van der Waals surface area contributed by atoms with Gasteiger partial charge in [-0.3, -0.25) is 9.59 Å². The average Bonchev–Trinajstić information content (AvgIpc) is 3.49. The normalized spacial score (nSPS) is 18.9. The molecule has 1 atom stereocenters. The highest BCUT2D eigenvalue weighted by molar-refractivity contribution is 6.07. The first-order valence-electron chi connectivity index (χ1n) is 9.47. The van der Waals surface area contributed by atoms with Crippen LogP contribution in [-0.2, 0) is 17.8 Å². The zero-order valence-electron chi connectivity index (χ0n) is 15.5. The molecular weight excluding hydrogens is 356 g/mol. The van der Waals surface area contributed by atoms with Crippen LogP contribution >= 0.6 is 0 Å². The maximum Gasteiger partial charge on any atom is 0.259 e. The van der Waals surface area contributed by atoms with E-state index < -0.39 is 11.9 Å². The van der Waals surface area contributed by atoms with Gasteiger partial charge >= 0.3 is 0 Å². The summed E-state index contributed by atoms with van der Waals surface area (Å²) in [4.78, 5) is 31.9. The Kier molecular flexibility index (Phi) is 3.72. The van der Waals surface area contributed by atoms with E-state index in [9.17, 15) is 9.59 Å². The van der Waals surface area contributed by atoms with Crippen molar-refractivity contribution in [2.45, 2.75) is 44.7 Å². The lowest BCUT2D eigenvalue weighted by atomic mass is 9.92. The zero-order chi connectivity index (χ0) is 19.4. The first kappa shape index (κ1) is 16.9. The average molecular weight is 376 g/mol. The van der Waals surface area contributed by atoms with Crippen molar-refractivity contribution in [1.29, 1.82) is 0 Å². The number of rotatable bonds is 3. The lowest BCUT2D eigenvalue weighted by Crippen LogP contribution is -2.51. The fraction of sp³-hybridized carbons (Fsp3) is 0.333. The number of nitrogens with zero attached hydrogens (tertiary/aromatic N) is 3. The van der Waals surface area contributed by atoms with Crippen molar-refractivity contribution in [3.63, 3.8) is 0 Å². The molecule has 1 aromatic carbocycles. The van der Waals surface area contributed by atoms with Gasteiger partial charge in [0.2, 0.25) is 5.91 Å². The molecule has 0 spiro atoms. The summed E-state index contributed by atoms with van der Waals surface area (Å²) >= 11 is 0. The molecule has 1 aliphatic heterocycles. The lowest BCUT2D eigenvalue weighted by Gasteiger charge is -2.35. The van der Waals surface area contributed by atoms with Crippen LogP contribution in [0.15, 0.2) is 34.9 Å². The van der Waals surface area contributed by atoms with Crippen molar-refractivity contribution >= 4 is 22.9 Å². The molecule has 5 rings (SSSR count). The third-order valence-electron chi connectivity index (χ3n) is 5.70. The van der Waals surface area contributed by atoms with E-state index in [2.05, 4.69) is 10.1 Å². The smallest absolute Gasteiger partial charge is 0.259 e. The van der Waals surface area contributed by atoms with E-state index in [4.69, 9.17) is 10.3 Å². The largest absolute Gasteiger partial charge is 0.368 e. The van der Waals surface area contributed by atoms with Crippen LogP contribution in [0.4, 0.5) is 0 Å². The molecule has 3 aromatic rings. The summed E-state index contributed by atoms with van der Waals surface area (Å²) in [6, 6.07) is 8.98. The number of fused-ring (bicyclic) bond motifs is 2. The van der Waals surface area contributed by atoms with Crippen molar-refractivity contribution in [3.05, 3.63) is 58.4 Å². The zero-order valence-corrected chi connectivity index (χ0v) is 15.5. The van der Waals surface area contributed by atoms with Gasteiger partial charge in [-0.2, -0.15) is 0 Å². The third kappa shape index (κ3) is 2.66. The first-order valence-corrected chi connectivity index (χ1v) is 9.47. The van der Waals surface area contributed by atoms with E-state index in [1.807, 2.05) is 30.3 Å². The van der Waals surface area contributed by atoms with E-state index >= 15 is 0 Å². The number of aryl methyl sites for hydroxylation is 1. The number of benzene rings is 1. The highest BCUT2D eigenvalue weighted by atomic mass is 16.5. The molecule has 2 aliphatic rings. The highest BCUT2D eigenvalue weighted by Crippen LogP contribution is 2.41. The maximum absolute atomic E-state index is 13.6. The van der Waals surface area contributed by atoms with Gasteiger partial charge in [0, 0.05) is 24.6 Å². The van der Waals surface area contributed by atoms with Gasteiger partial charge in [-0.25, -0.2) is 4.98 Å². The van der Waals surface area contributed by atoms with Gasteiger partial charge in [0.1, 0.15) is 6.04 Å². The fourth-order valence-corrected chi connectivity index (χ4v) is 4.02. The van der Waals surface area contributed by atoms with Crippen LogP contribution in [0.5, 0.6) is 0 Å². The molecule has 1 saturated carbocycles. The number of aromatic nitrogens is 2. The van der Waals surface area contributed by atoms with Crippen molar-refractivity contribution < 1.29 is 14.1 Å². The maximum atomic E-state index is 13.6. The molecule has 2 aromatic heterocycles.